The first-order chi connectivity index (χ1) is 11.8. The Morgan fingerprint density at radius 2 is 2.25 bits per heavy atom. The van der Waals surface area contributed by atoms with Gasteiger partial charge in [-0.25, -0.2) is 4.98 Å². The largest absolute Gasteiger partial charge is 0.492 e. The molecule has 24 heavy (non-hydrogen) atoms. The number of nitrogens with one attached hydrogen (secondary N) is 1. The topological polar surface area (TPSA) is 41.2 Å². The predicted molar refractivity (Wildman–Crippen MR) is 95.8 cm³/mol. The zero-order valence-corrected chi connectivity index (χ0v) is 14.3. The van der Waals surface area contributed by atoms with Gasteiger partial charge in [-0.05, 0) is 55.9 Å². The molecule has 2 heterocycles. The van der Waals surface area contributed by atoms with Crippen LogP contribution < -0.4 is 4.74 Å². The molecule has 2 aliphatic rings. The van der Waals surface area contributed by atoms with Crippen molar-refractivity contribution in [2.24, 2.45) is 0 Å². The highest BCUT2D eigenvalue weighted by Crippen LogP contribution is 2.31. The van der Waals surface area contributed by atoms with Crippen molar-refractivity contribution >= 4 is 5.57 Å². The number of aromatic nitrogens is 2. The monoisotopic (exact) mass is 323 g/mol. The van der Waals surface area contributed by atoms with Crippen LogP contribution in [0.25, 0.3) is 5.57 Å². The molecular formula is C20H25N3O. The predicted octanol–water partition coefficient (Wildman–Crippen LogP) is 4.07. The van der Waals surface area contributed by atoms with Gasteiger partial charge in [0.1, 0.15) is 18.2 Å². The van der Waals surface area contributed by atoms with Crippen molar-refractivity contribution in [3.63, 3.8) is 0 Å². The van der Waals surface area contributed by atoms with Gasteiger partial charge in [0.25, 0.3) is 0 Å². The van der Waals surface area contributed by atoms with E-state index in [4.69, 9.17) is 4.74 Å². The van der Waals surface area contributed by atoms with E-state index in [9.17, 15) is 0 Å². The van der Waals surface area contributed by atoms with E-state index in [1.54, 1.807) is 0 Å². The lowest BCUT2D eigenvalue weighted by Crippen LogP contribution is -2.25. The normalized spacial score (nSPS) is 18.5. The molecule has 4 rings (SSSR count). The number of imidazole rings is 1. The smallest absolute Gasteiger partial charge is 0.123 e. The maximum Gasteiger partial charge on any atom is 0.123 e. The minimum absolute atomic E-state index is 0.731. The van der Waals surface area contributed by atoms with E-state index in [0.717, 1.165) is 43.5 Å². The van der Waals surface area contributed by atoms with Crippen LogP contribution in [-0.4, -0.2) is 28.0 Å². The third-order valence-corrected chi connectivity index (χ3v) is 4.91. The van der Waals surface area contributed by atoms with Crippen molar-refractivity contribution in [1.82, 2.24) is 14.9 Å². The highest BCUT2D eigenvalue weighted by atomic mass is 16.5. The van der Waals surface area contributed by atoms with E-state index in [1.807, 2.05) is 13.1 Å². The number of nitrogens with zero attached hydrogens (tertiary/aromatic N) is 2. The fraction of sp³-hybridized carbons (Fsp3) is 0.450. The molecule has 0 saturated carbocycles. The molecule has 1 aliphatic heterocycles. The summed E-state index contributed by atoms with van der Waals surface area (Å²) in [6, 6.07) is 6.71. The SMILES string of the molecule is Cc1cnc(CN2CCOc3ccc(C4=CCCCC4)cc3C2)[nH]1. The lowest BCUT2D eigenvalue weighted by Gasteiger charge is -2.19. The van der Waals surface area contributed by atoms with Gasteiger partial charge in [-0.2, -0.15) is 0 Å². The van der Waals surface area contributed by atoms with Crippen LogP contribution in [0.4, 0.5) is 0 Å². The van der Waals surface area contributed by atoms with Crippen LogP contribution >= 0.6 is 0 Å². The zero-order chi connectivity index (χ0) is 16.4. The Hall–Kier alpha value is -2.07. The van der Waals surface area contributed by atoms with Crippen LogP contribution in [0.1, 0.15) is 48.3 Å². The lowest BCUT2D eigenvalue weighted by molar-refractivity contribution is 0.216. The third kappa shape index (κ3) is 3.39. The second-order valence-corrected chi connectivity index (χ2v) is 6.87. The summed E-state index contributed by atoms with van der Waals surface area (Å²) >= 11 is 0. The van der Waals surface area contributed by atoms with Crippen molar-refractivity contribution in [1.29, 1.82) is 0 Å². The van der Waals surface area contributed by atoms with Gasteiger partial charge >= 0.3 is 0 Å². The van der Waals surface area contributed by atoms with Gasteiger partial charge in [0.05, 0.1) is 6.54 Å². The Kier molecular flexibility index (Phi) is 4.39. The third-order valence-electron chi connectivity index (χ3n) is 4.91. The van der Waals surface area contributed by atoms with Crippen molar-refractivity contribution < 1.29 is 4.74 Å². The van der Waals surface area contributed by atoms with Crippen molar-refractivity contribution in [3.8, 4) is 5.75 Å². The van der Waals surface area contributed by atoms with Crippen LogP contribution in [0.15, 0.2) is 30.5 Å². The van der Waals surface area contributed by atoms with Crippen molar-refractivity contribution in [2.45, 2.75) is 45.7 Å². The minimum atomic E-state index is 0.731. The van der Waals surface area contributed by atoms with Crippen LogP contribution in [0.3, 0.4) is 0 Å². The van der Waals surface area contributed by atoms with E-state index in [2.05, 4.69) is 39.1 Å². The molecule has 0 atom stereocenters. The second-order valence-electron chi connectivity index (χ2n) is 6.87. The van der Waals surface area contributed by atoms with Gasteiger partial charge in [0.15, 0.2) is 0 Å². The number of fused-ring (bicyclic) bond motifs is 1. The van der Waals surface area contributed by atoms with Crippen LogP contribution in [0, 0.1) is 6.92 Å². The Labute approximate surface area is 143 Å². The Morgan fingerprint density at radius 1 is 1.29 bits per heavy atom. The maximum atomic E-state index is 5.97. The maximum absolute atomic E-state index is 5.97. The number of hydrogen-bond donors (Lipinski definition) is 1. The summed E-state index contributed by atoms with van der Waals surface area (Å²) in [5.41, 5.74) is 5.27. The fourth-order valence-electron chi connectivity index (χ4n) is 3.64. The minimum Gasteiger partial charge on any atom is -0.492 e. The molecule has 126 valence electrons. The summed E-state index contributed by atoms with van der Waals surface area (Å²) < 4.78 is 5.97. The molecule has 1 aromatic heterocycles. The molecule has 1 N–H and O–H groups in total. The molecule has 4 heteroatoms. The first-order valence-corrected chi connectivity index (χ1v) is 8.96. The van der Waals surface area contributed by atoms with Gasteiger partial charge in [0.2, 0.25) is 0 Å². The van der Waals surface area contributed by atoms with Crippen LogP contribution in [0.5, 0.6) is 5.75 Å². The lowest BCUT2D eigenvalue weighted by atomic mass is 9.92. The van der Waals surface area contributed by atoms with Crippen molar-refractivity contribution in [2.75, 3.05) is 13.2 Å². The number of benzene rings is 1. The zero-order valence-electron chi connectivity index (χ0n) is 14.3. The molecule has 0 unspecified atom stereocenters. The molecule has 0 amide bonds. The fourth-order valence-corrected chi connectivity index (χ4v) is 3.64. The first kappa shape index (κ1) is 15.5. The second kappa shape index (κ2) is 6.81. The number of H-pyrrole nitrogens is 1. The van der Waals surface area contributed by atoms with Gasteiger partial charge in [-0.15, -0.1) is 0 Å². The van der Waals surface area contributed by atoms with Crippen LogP contribution in [0.2, 0.25) is 0 Å². The number of allylic oxidation sites excluding steroid dienone is 2. The summed E-state index contributed by atoms with van der Waals surface area (Å²) in [6.07, 6.45) is 9.36. The molecule has 1 aromatic carbocycles. The molecule has 0 saturated heterocycles. The summed E-state index contributed by atoms with van der Waals surface area (Å²) in [7, 11) is 0. The van der Waals surface area contributed by atoms with Crippen LogP contribution in [-0.2, 0) is 13.1 Å². The molecule has 0 spiro atoms. The first-order valence-electron chi connectivity index (χ1n) is 8.96. The molecular weight excluding hydrogens is 298 g/mol. The van der Waals surface area contributed by atoms with Gasteiger partial charge < -0.3 is 9.72 Å². The van der Waals surface area contributed by atoms with E-state index >= 15 is 0 Å². The van der Waals surface area contributed by atoms with Gasteiger partial charge in [0, 0.05) is 30.5 Å². The average molecular weight is 323 g/mol. The van der Waals surface area contributed by atoms with Gasteiger partial charge in [-0.1, -0.05) is 12.1 Å². The van der Waals surface area contributed by atoms with E-state index < -0.39 is 0 Å². The number of aryl methyl sites for hydroxylation is 1. The molecule has 0 radical (unpaired) electrons. The molecule has 1 aliphatic carbocycles. The van der Waals surface area contributed by atoms with E-state index in [-0.39, 0.29) is 0 Å². The Bertz CT molecular complexity index is 747. The number of hydrogen-bond acceptors (Lipinski definition) is 3. The average Bonchev–Trinajstić information content (AvgIpc) is 2.90. The van der Waals surface area contributed by atoms with Gasteiger partial charge in [-0.3, -0.25) is 4.90 Å². The molecule has 2 aromatic rings. The quantitative estimate of drug-likeness (QED) is 0.925. The Morgan fingerprint density at radius 3 is 3.04 bits per heavy atom. The molecule has 0 fully saturated rings. The summed E-state index contributed by atoms with van der Waals surface area (Å²) in [5, 5.41) is 0. The van der Waals surface area contributed by atoms with Crippen molar-refractivity contribution in [3.05, 3.63) is 53.1 Å². The number of ether oxygens (including phenoxy) is 1. The number of aromatic amines is 1. The summed E-state index contributed by atoms with van der Waals surface area (Å²) in [4.78, 5) is 10.2. The molecule has 0 bridgehead atoms. The standard InChI is InChI=1S/C20H25N3O/c1-15-12-21-20(22-15)14-23-9-10-24-19-8-7-17(11-18(19)13-23)16-5-3-2-4-6-16/h5,7-8,11-12H,2-4,6,9-10,13-14H2,1H3,(H,21,22). The van der Waals surface area contributed by atoms with E-state index in [0.29, 0.717) is 0 Å². The highest BCUT2D eigenvalue weighted by Gasteiger charge is 2.18. The summed E-state index contributed by atoms with van der Waals surface area (Å²) in [5.74, 6) is 2.07. The summed E-state index contributed by atoms with van der Waals surface area (Å²) in [6.45, 7) is 5.45. The Balaban J connectivity index is 1.55. The number of rotatable bonds is 3. The highest BCUT2D eigenvalue weighted by molar-refractivity contribution is 5.67. The van der Waals surface area contributed by atoms with E-state index in [1.165, 1.54) is 42.4 Å². The molecule has 4 nitrogen and oxygen atoms in total.